The first-order chi connectivity index (χ1) is 10.3. The smallest absolute Gasteiger partial charge is 0.276 e. The van der Waals surface area contributed by atoms with Gasteiger partial charge in [0.2, 0.25) is 0 Å². The predicted octanol–water partition coefficient (Wildman–Crippen LogP) is 2.96. The molecule has 0 N–H and O–H groups in total. The van der Waals surface area contributed by atoms with Gasteiger partial charge in [0.15, 0.2) is 0 Å². The summed E-state index contributed by atoms with van der Waals surface area (Å²) in [5.74, 6) is 0.821. The van der Waals surface area contributed by atoms with Crippen molar-refractivity contribution in [2.45, 2.75) is 12.8 Å². The lowest BCUT2D eigenvalue weighted by Crippen LogP contribution is -2.28. The maximum atomic E-state index is 12.6. The van der Waals surface area contributed by atoms with Crippen LogP contribution in [-0.2, 0) is 0 Å². The Morgan fingerprint density at radius 1 is 1.05 bits per heavy atom. The molecule has 1 aromatic carbocycles. The molecule has 21 heavy (non-hydrogen) atoms. The van der Waals surface area contributed by atoms with Gasteiger partial charge < -0.3 is 9.80 Å². The monoisotopic (exact) mass is 281 g/mol. The van der Waals surface area contributed by atoms with Crippen LogP contribution in [0.3, 0.4) is 0 Å². The molecule has 4 heteroatoms. The summed E-state index contributed by atoms with van der Waals surface area (Å²) in [6, 6.07) is 15.3. The Kier molecular flexibility index (Phi) is 3.86. The Bertz CT molecular complexity index is 621. The molecule has 0 bridgehead atoms. The number of rotatable bonds is 3. The maximum absolute atomic E-state index is 12.6. The lowest BCUT2D eigenvalue weighted by Gasteiger charge is -2.19. The van der Waals surface area contributed by atoms with Gasteiger partial charge in [0.25, 0.3) is 5.91 Å². The molecule has 0 unspecified atom stereocenters. The summed E-state index contributed by atoms with van der Waals surface area (Å²) < 4.78 is 0. The van der Waals surface area contributed by atoms with Crippen molar-refractivity contribution in [1.82, 2.24) is 4.98 Å². The number of hydrogen-bond acceptors (Lipinski definition) is 3. The second-order valence-electron chi connectivity index (χ2n) is 5.27. The van der Waals surface area contributed by atoms with E-state index < -0.39 is 0 Å². The molecule has 1 saturated heterocycles. The average Bonchev–Trinajstić information content (AvgIpc) is 3.09. The molecule has 1 fully saturated rings. The minimum absolute atomic E-state index is 0.0813. The number of carbonyl (C=O) groups excluding carboxylic acids is 1. The number of pyridine rings is 1. The molecule has 108 valence electrons. The predicted molar refractivity (Wildman–Crippen MR) is 84.9 cm³/mol. The van der Waals surface area contributed by atoms with E-state index in [0.29, 0.717) is 5.69 Å². The van der Waals surface area contributed by atoms with Crippen LogP contribution in [0.5, 0.6) is 0 Å². The van der Waals surface area contributed by atoms with E-state index in [2.05, 4.69) is 9.88 Å². The number of amides is 1. The van der Waals surface area contributed by atoms with Crippen molar-refractivity contribution in [3.05, 3.63) is 54.2 Å². The molecule has 0 aliphatic carbocycles. The molecule has 0 saturated carbocycles. The van der Waals surface area contributed by atoms with Crippen molar-refractivity contribution in [2.75, 3.05) is 29.9 Å². The molecule has 3 rings (SSSR count). The van der Waals surface area contributed by atoms with Crippen LogP contribution in [0.1, 0.15) is 23.3 Å². The number of benzene rings is 1. The van der Waals surface area contributed by atoms with Gasteiger partial charge in [-0.1, -0.05) is 24.3 Å². The van der Waals surface area contributed by atoms with E-state index in [-0.39, 0.29) is 5.91 Å². The molecule has 1 aromatic heterocycles. The molecule has 1 aliphatic heterocycles. The molecular weight excluding hydrogens is 262 g/mol. The summed E-state index contributed by atoms with van der Waals surface area (Å²) in [4.78, 5) is 21.0. The fourth-order valence-electron chi connectivity index (χ4n) is 2.61. The highest BCUT2D eigenvalue weighted by atomic mass is 16.2. The summed E-state index contributed by atoms with van der Waals surface area (Å²) in [5.41, 5.74) is 1.36. The summed E-state index contributed by atoms with van der Waals surface area (Å²) in [5, 5.41) is 0. The van der Waals surface area contributed by atoms with Gasteiger partial charge in [0.1, 0.15) is 11.5 Å². The first-order valence-electron chi connectivity index (χ1n) is 7.31. The molecule has 1 aliphatic rings. The van der Waals surface area contributed by atoms with E-state index in [9.17, 15) is 4.79 Å². The van der Waals surface area contributed by atoms with Gasteiger partial charge in [0.05, 0.1) is 0 Å². The van der Waals surface area contributed by atoms with E-state index in [1.165, 1.54) is 12.8 Å². The molecule has 0 radical (unpaired) electrons. The highest BCUT2D eigenvalue weighted by molar-refractivity contribution is 6.04. The van der Waals surface area contributed by atoms with E-state index in [1.807, 2.05) is 42.5 Å². The molecule has 4 nitrogen and oxygen atoms in total. The number of anilines is 2. The molecule has 1 amide bonds. The third-order valence-corrected chi connectivity index (χ3v) is 3.83. The minimum atomic E-state index is -0.0813. The van der Waals surface area contributed by atoms with Crippen molar-refractivity contribution in [1.29, 1.82) is 0 Å². The summed E-state index contributed by atoms with van der Waals surface area (Å²) in [7, 11) is 1.78. The number of hydrogen-bond donors (Lipinski definition) is 0. The Morgan fingerprint density at radius 2 is 1.76 bits per heavy atom. The van der Waals surface area contributed by atoms with E-state index in [4.69, 9.17) is 0 Å². The highest BCUT2D eigenvalue weighted by Crippen LogP contribution is 2.19. The third kappa shape index (κ3) is 2.89. The number of nitrogens with zero attached hydrogens (tertiary/aromatic N) is 3. The lowest BCUT2D eigenvalue weighted by molar-refractivity contribution is 0.0988. The average molecular weight is 281 g/mol. The largest absolute Gasteiger partial charge is 0.357 e. The summed E-state index contributed by atoms with van der Waals surface area (Å²) in [6.45, 7) is 2.05. The SMILES string of the molecule is CN(C(=O)c1cccc(N2CCCC2)n1)c1ccccc1. The van der Waals surface area contributed by atoms with Crippen LogP contribution in [0, 0.1) is 0 Å². The van der Waals surface area contributed by atoms with Crippen molar-refractivity contribution in [2.24, 2.45) is 0 Å². The van der Waals surface area contributed by atoms with Gasteiger partial charge >= 0.3 is 0 Å². The zero-order chi connectivity index (χ0) is 14.7. The second-order valence-corrected chi connectivity index (χ2v) is 5.27. The number of aromatic nitrogens is 1. The van der Waals surface area contributed by atoms with E-state index >= 15 is 0 Å². The Morgan fingerprint density at radius 3 is 2.48 bits per heavy atom. The topological polar surface area (TPSA) is 36.4 Å². The molecule has 0 spiro atoms. The quantitative estimate of drug-likeness (QED) is 0.868. The lowest BCUT2D eigenvalue weighted by atomic mass is 10.2. The zero-order valence-corrected chi connectivity index (χ0v) is 12.2. The first-order valence-corrected chi connectivity index (χ1v) is 7.31. The van der Waals surface area contributed by atoms with Crippen LogP contribution in [0.25, 0.3) is 0 Å². The van der Waals surface area contributed by atoms with Gasteiger partial charge in [-0.05, 0) is 37.1 Å². The zero-order valence-electron chi connectivity index (χ0n) is 12.2. The fraction of sp³-hybridized carbons (Fsp3) is 0.294. The van der Waals surface area contributed by atoms with Gasteiger partial charge in [-0.2, -0.15) is 0 Å². The summed E-state index contributed by atoms with van der Waals surface area (Å²) >= 11 is 0. The standard InChI is InChI=1S/C17H19N3O/c1-19(14-8-3-2-4-9-14)17(21)15-10-7-11-16(18-15)20-12-5-6-13-20/h2-4,7-11H,5-6,12-13H2,1H3. The van der Waals surface area contributed by atoms with Crippen LogP contribution in [0.4, 0.5) is 11.5 Å². The van der Waals surface area contributed by atoms with Crippen molar-refractivity contribution >= 4 is 17.4 Å². The van der Waals surface area contributed by atoms with Gasteiger partial charge in [-0.25, -0.2) is 4.98 Å². The van der Waals surface area contributed by atoms with Crippen molar-refractivity contribution in [3.63, 3.8) is 0 Å². The summed E-state index contributed by atoms with van der Waals surface area (Å²) in [6.07, 6.45) is 2.40. The van der Waals surface area contributed by atoms with Crippen LogP contribution in [-0.4, -0.2) is 31.0 Å². The highest BCUT2D eigenvalue weighted by Gasteiger charge is 2.18. The Labute approximate surface area is 125 Å². The minimum Gasteiger partial charge on any atom is -0.357 e. The van der Waals surface area contributed by atoms with E-state index in [0.717, 1.165) is 24.6 Å². The van der Waals surface area contributed by atoms with Crippen molar-refractivity contribution < 1.29 is 4.79 Å². The maximum Gasteiger partial charge on any atom is 0.276 e. The molecule has 2 heterocycles. The van der Waals surface area contributed by atoms with Gasteiger partial charge in [0, 0.05) is 25.8 Å². The van der Waals surface area contributed by atoms with Crippen LogP contribution >= 0.6 is 0 Å². The van der Waals surface area contributed by atoms with E-state index in [1.54, 1.807) is 18.0 Å². The van der Waals surface area contributed by atoms with Gasteiger partial charge in [-0.3, -0.25) is 4.79 Å². The number of carbonyl (C=O) groups is 1. The third-order valence-electron chi connectivity index (χ3n) is 3.83. The Hall–Kier alpha value is -2.36. The van der Waals surface area contributed by atoms with Crippen LogP contribution < -0.4 is 9.80 Å². The molecule has 0 atom stereocenters. The van der Waals surface area contributed by atoms with Crippen LogP contribution in [0.2, 0.25) is 0 Å². The Balaban J connectivity index is 1.83. The van der Waals surface area contributed by atoms with Gasteiger partial charge in [-0.15, -0.1) is 0 Å². The molecular formula is C17H19N3O. The second kappa shape index (κ2) is 5.95. The normalized spacial score (nSPS) is 14.2. The van der Waals surface area contributed by atoms with Crippen LogP contribution in [0.15, 0.2) is 48.5 Å². The number of para-hydroxylation sites is 1. The first kappa shape index (κ1) is 13.6. The molecule has 2 aromatic rings. The fourth-order valence-corrected chi connectivity index (χ4v) is 2.61. The van der Waals surface area contributed by atoms with Crippen molar-refractivity contribution in [3.8, 4) is 0 Å².